The summed E-state index contributed by atoms with van der Waals surface area (Å²) >= 11 is 0. The molecule has 3 atom stereocenters. The van der Waals surface area contributed by atoms with Crippen molar-refractivity contribution in [2.24, 2.45) is 15.6 Å². The molecule has 0 aromatic rings. The lowest BCUT2D eigenvalue weighted by atomic mass is 9.69. The minimum atomic E-state index is -1.33. The highest BCUT2D eigenvalue weighted by molar-refractivity contribution is 5.92. The average Bonchev–Trinajstić information content (AvgIpc) is 2.53. The van der Waals surface area contributed by atoms with Crippen molar-refractivity contribution >= 4 is 11.9 Å². The molecule has 6 heteroatoms. The van der Waals surface area contributed by atoms with Crippen molar-refractivity contribution in [1.82, 2.24) is 0 Å². The van der Waals surface area contributed by atoms with Gasteiger partial charge in [-0.3, -0.25) is 4.79 Å². The zero-order valence-corrected chi connectivity index (χ0v) is 10.1. The molecule has 1 heterocycles. The summed E-state index contributed by atoms with van der Waals surface area (Å²) in [7, 11) is 2.53. The van der Waals surface area contributed by atoms with Crippen LogP contribution >= 0.6 is 0 Å². The Morgan fingerprint density at radius 1 is 1.12 bits per heavy atom. The van der Waals surface area contributed by atoms with Gasteiger partial charge in [-0.15, -0.1) is 0 Å². The van der Waals surface area contributed by atoms with Crippen molar-refractivity contribution in [3.05, 3.63) is 0 Å². The summed E-state index contributed by atoms with van der Waals surface area (Å²) in [6.45, 7) is 4.86. The number of hydrogen-bond acceptors (Lipinski definition) is 6. The topological polar surface area (TPSA) is 77.3 Å². The van der Waals surface area contributed by atoms with Gasteiger partial charge in [-0.2, -0.15) is 10.2 Å². The third-order valence-corrected chi connectivity index (χ3v) is 3.47. The average molecular weight is 228 g/mol. The Morgan fingerprint density at radius 2 is 1.62 bits per heavy atom. The summed E-state index contributed by atoms with van der Waals surface area (Å²) < 4.78 is 9.41. The fourth-order valence-electron chi connectivity index (χ4n) is 1.86. The van der Waals surface area contributed by atoms with Crippen LogP contribution in [0.3, 0.4) is 0 Å². The van der Waals surface area contributed by atoms with E-state index in [1.165, 1.54) is 21.1 Å². The summed E-state index contributed by atoms with van der Waals surface area (Å²) in [4.78, 5) is 23.6. The van der Waals surface area contributed by atoms with Crippen molar-refractivity contribution in [2.45, 2.75) is 32.4 Å². The Labute approximate surface area is 94.0 Å². The van der Waals surface area contributed by atoms with E-state index in [9.17, 15) is 9.59 Å². The van der Waals surface area contributed by atoms with Gasteiger partial charge in [0.25, 0.3) is 0 Å². The van der Waals surface area contributed by atoms with E-state index in [1.807, 2.05) is 0 Å². The quantitative estimate of drug-likeness (QED) is 0.659. The highest BCUT2D eigenvalue weighted by Gasteiger charge is 2.64. The maximum atomic E-state index is 11.8. The first kappa shape index (κ1) is 12.6. The second-order valence-electron chi connectivity index (χ2n) is 4.15. The summed E-state index contributed by atoms with van der Waals surface area (Å²) in [5.41, 5.74) is -2.46. The van der Waals surface area contributed by atoms with Crippen LogP contribution in [0.15, 0.2) is 10.2 Å². The van der Waals surface area contributed by atoms with Crippen LogP contribution in [-0.2, 0) is 19.1 Å². The third-order valence-electron chi connectivity index (χ3n) is 3.47. The predicted molar refractivity (Wildman–Crippen MR) is 54.9 cm³/mol. The third kappa shape index (κ3) is 1.32. The molecule has 0 saturated heterocycles. The first-order valence-corrected chi connectivity index (χ1v) is 4.93. The Bertz CT molecular complexity index is 355. The van der Waals surface area contributed by atoms with Crippen molar-refractivity contribution < 1.29 is 19.1 Å². The van der Waals surface area contributed by atoms with Gasteiger partial charge in [0.1, 0.15) is 5.41 Å². The minimum absolute atomic E-state index is 0.427. The molecular formula is C10H16N2O4. The normalized spacial score (nSPS) is 37.2. The van der Waals surface area contributed by atoms with Gasteiger partial charge in [-0.1, -0.05) is 0 Å². The van der Waals surface area contributed by atoms with Gasteiger partial charge >= 0.3 is 11.9 Å². The summed E-state index contributed by atoms with van der Waals surface area (Å²) in [5, 5.41) is 7.80. The Balaban J connectivity index is 3.24. The standard InChI is InChI=1S/C10H16N2O4/c1-6-9(2,7(13)15-4)10(3,12-11-6)8(14)16-5/h6H,1-5H3/t6-,9+,10-/m1/s1. The predicted octanol–water partition coefficient (Wildman–Crippen LogP) is 0.952. The highest BCUT2D eigenvalue weighted by atomic mass is 16.5. The highest BCUT2D eigenvalue weighted by Crippen LogP contribution is 2.46. The van der Waals surface area contributed by atoms with Crippen LogP contribution in [0.4, 0.5) is 0 Å². The number of rotatable bonds is 2. The zero-order valence-electron chi connectivity index (χ0n) is 10.1. The lowest BCUT2D eigenvalue weighted by molar-refractivity contribution is -0.165. The summed E-state index contributed by atoms with van der Waals surface area (Å²) in [6.07, 6.45) is 0. The smallest absolute Gasteiger partial charge is 0.336 e. The molecule has 16 heavy (non-hydrogen) atoms. The first-order chi connectivity index (χ1) is 7.34. The van der Waals surface area contributed by atoms with Gasteiger partial charge in [-0.05, 0) is 20.8 Å². The molecule has 0 radical (unpaired) electrons. The molecule has 0 amide bonds. The zero-order chi connectivity index (χ0) is 12.6. The molecule has 1 aliphatic heterocycles. The number of ether oxygens (including phenoxy) is 2. The first-order valence-electron chi connectivity index (χ1n) is 4.93. The molecular weight excluding hydrogens is 212 g/mol. The van der Waals surface area contributed by atoms with Crippen LogP contribution in [-0.4, -0.2) is 37.7 Å². The molecule has 0 saturated carbocycles. The minimum Gasteiger partial charge on any atom is -0.468 e. The van der Waals surface area contributed by atoms with Gasteiger partial charge in [-0.25, -0.2) is 4.79 Å². The maximum Gasteiger partial charge on any atom is 0.336 e. The van der Waals surface area contributed by atoms with E-state index in [0.717, 1.165) is 0 Å². The number of nitrogens with zero attached hydrogens (tertiary/aromatic N) is 2. The number of esters is 2. The van der Waals surface area contributed by atoms with E-state index in [0.29, 0.717) is 0 Å². The van der Waals surface area contributed by atoms with Crippen molar-refractivity contribution in [3.63, 3.8) is 0 Å². The van der Waals surface area contributed by atoms with Crippen LogP contribution in [0.1, 0.15) is 20.8 Å². The molecule has 0 bridgehead atoms. The van der Waals surface area contributed by atoms with Gasteiger partial charge < -0.3 is 9.47 Å². The van der Waals surface area contributed by atoms with E-state index < -0.39 is 28.9 Å². The SMILES string of the molecule is COC(=O)[C@@]1(C)N=N[C@H](C)[C@@]1(C)C(=O)OC. The van der Waals surface area contributed by atoms with Crippen LogP contribution in [0.25, 0.3) is 0 Å². The molecule has 0 fully saturated rings. The number of carbonyl (C=O) groups is 2. The molecule has 1 rings (SSSR count). The number of azo groups is 1. The van der Waals surface area contributed by atoms with E-state index in [4.69, 9.17) is 4.74 Å². The van der Waals surface area contributed by atoms with E-state index >= 15 is 0 Å². The van der Waals surface area contributed by atoms with Crippen LogP contribution in [0, 0.1) is 5.41 Å². The van der Waals surface area contributed by atoms with E-state index in [-0.39, 0.29) is 0 Å². The Morgan fingerprint density at radius 3 is 2.06 bits per heavy atom. The number of methoxy groups -OCH3 is 2. The van der Waals surface area contributed by atoms with Crippen molar-refractivity contribution in [1.29, 1.82) is 0 Å². The van der Waals surface area contributed by atoms with Crippen LogP contribution < -0.4 is 0 Å². The monoisotopic (exact) mass is 228 g/mol. The molecule has 1 aliphatic rings. The van der Waals surface area contributed by atoms with Crippen molar-refractivity contribution in [3.8, 4) is 0 Å². The molecule has 0 aliphatic carbocycles. The summed E-state index contributed by atoms with van der Waals surface area (Å²) in [6, 6.07) is -0.427. The molecule has 6 nitrogen and oxygen atoms in total. The second-order valence-corrected chi connectivity index (χ2v) is 4.15. The molecule has 0 N–H and O–H groups in total. The Kier molecular flexibility index (Phi) is 3.03. The second kappa shape index (κ2) is 3.84. The van der Waals surface area contributed by atoms with Gasteiger partial charge in [0.05, 0.1) is 20.3 Å². The molecule has 0 aromatic carbocycles. The molecule has 0 unspecified atom stereocenters. The number of hydrogen-bond donors (Lipinski definition) is 0. The van der Waals surface area contributed by atoms with Gasteiger partial charge in [0.15, 0.2) is 5.54 Å². The molecule has 90 valence electrons. The van der Waals surface area contributed by atoms with Crippen LogP contribution in [0.2, 0.25) is 0 Å². The Hall–Kier alpha value is -1.46. The van der Waals surface area contributed by atoms with E-state index in [1.54, 1.807) is 13.8 Å². The van der Waals surface area contributed by atoms with Crippen LogP contribution in [0.5, 0.6) is 0 Å². The lowest BCUT2D eigenvalue weighted by Crippen LogP contribution is -2.55. The largest absolute Gasteiger partial charge is 0.468 e. The number of carbonyl (C=O) groups excluding carboxylic acids is 2. The van der Waals surface area contributed by atoms with Crippen molar-refractivity contribution in [2.75, 3.05) is 14.2 Å². The fraction of sp³-hybridized carbons (Fsp3) is 0.800. The lowest BCUT2D eigenvalue weighted by Gasteiger charge is -2.34. The fourth-order valence-corrected chi connectivity index (χ4v) is 1.86. The van der Waals surface area contributed by atoms with Gasteiger partial charge in [0.2, 0.25) is 0 Å². The summed E-state index contributed by atoms with van der Waals surface area (Å²) in [5.74, 6) is -1.11. The molecule has 0 spiro atoms. The van der Waals surface area contributed by atoms with E-state index in [2.05, 4.69) is 15.0 Å². The van der Waals surface area contributed by atoms with Gasteiger partial charge in [0, 0.05) is 0 Å². The molecule has 0 aromatic heterocycles. The maximum absolute atomic E-state index is 11.8.